The van der Waals surface area contributed by atoms with Crippen LogP contribution in [0.3, 0.4) is 0 Å². The van der Waals surface area contributed by atoms with E-state index in [0.29, 0.717) is 24.9 Å². The van der Waals surface area contributed by atoms with Crippen LogP contribution in [0.1, 0.15) is 41.0 Å². The molecule has 1 unspecified atom stereocenters. The van der Waals surface area contributed by atoms with Crippen molar-refractivity contribution in [1.29, 1.82) is 0 Å². The molecule has 0 aliphatic carbocycles. The van der Waals surface area contributed by atoms with Gasteiger partial charge in [0, 0.05) is 19.8 Å². The molecule has 0 saturated heterocycles. The minimum atomic E-state index is -0.246. The number of carbonyl (C=O) groups is 1. The summed E-state index contributed by atoms with van der Waals surface area (Å²) in [5.74, 6) is -0.0139. The lowest BCUT2D eigenvalue weighted by molar-refractivity contribution is -0.120. The van der Waals surface area contributed by atoms with Gasteiger partial charge < -0.3 is 10.1 Å². The van der Waals surface area contributed by atoms with Crippen LogP contribution in [0.2, 0.25) is 0 Å². The Kier molecular flexibility index (Phi) is 7.10. The van der Waals surface area contributed by atoms with Gasteiger partial charge in [-0.15, -0.1) is 5.10 Å². The third kappa shape index (κ3) is 6.01. The van der Waals surface area contributed by atoms with E-state index < -0.39 is 0 Å². The van der Waals surface area contributed by atoms with Gasteiger partial charge in [0.15, 0.2) is 0 Å². The number of aromatic nitrogens is 4. The van der Waals surface area contributed by atoms with Gasteiger partial charge in [-0.3, -0.25) is 4.79 Å². The van der Waals surface area contributed by atoms with Crippen LogP contribution in [0.15, 0.2) is 5.16 Å². The Morgan fingerprint density at radius 3 is 2.81 bits per heavy atom. The van der Waals surface area contributed by atoms with E-state index in [4.69, 9.17) is 4.74 Å². The number of nitrogens with zero attached hydrogens (tertiary/aromatic N) is 4. The highest BCUT2D eigenvalue weighted by Crippen LogP contribution is 2.24. The largest absolute Gasteiger partial charge is 0.382 e. The molecule has 1 aromatic rings. The Balaban J connectivity index is 2.44. The topological polar surface area (TPSA) is 81.9 Å². The molecule has 0 saturated carbocycles. The molecule has 0 radical (unpaired) electrons. The number of ether oxygens (including phenoxy) is 1. The Morgan fingerprint density at radius 2 is 2.19 bits per heavy atom. The zero-order valence-electron chi connectivity index (χ0n) is 13.4. The van der Waals surface area contributed by atoms with Gasteiger partial charge in [-0.05, 0) is 51.5 Å². The molecule has 1 aromatic heterocycles. The highest BCUT2D eigenvalue weighted by atomic mass is 32.2. The van der Waals surface area contributed by atoms with E-state index in [0.717, 1.165) is 6.42 Å². The molecular weight excluding hydrogens is 290 g/mol. The maximum Gasteiger partial charge on any atom is 0.233 e. The number of hydrogen-bond acceptors (Lipinski definition) is 6. The Hall–Kier alpha value is -1.15. The van der Waals surface area contributed by atoms with Crippen molar-refractivity contribution in [2.24, 2.45) is 0 Å². The van der Waals surface area contributed by atoms with E-state index in [9.17, 15) is 4.79 Å². The van der Waals surface area contributed by atoms with Crippen LogP contribution < -0.4 is 5.32 Å². The van der Waals surface area contributed by atoms with Gasteiger partial charge in [0.1, 0.15) is 0 Å². The first-order valence-corrected chi connectivity index (χ1v) is 8.05. The van der Waals surface area contributed by atoms with Crippen LogP contribution >= 0.6 is 11.8 Å². The van der Waals surface area contributed by atoms with Gasteiger partial charge in [0.05, 0.1) is 10.8 Å². The van der Waals surface area contributed by atoms with Crippen LogP contribution in [0.5, 0.6) is 0 Å². The van der Waals surface area contributed by atoms with Crippen LogP contribution in [0, 0.1) is 0 Å². The molecule has 0 aliphatic rings. The molecule has 8 heteroatoms. The van der Waals surface area contributed by atoms with Crippen molar-refractivity contribution in [3.05, 3.63) is 0 Å². The molecule has 1 heterocycles. The minimum absolute atomic E-state index is 0.0139. The van der Waals surface area contributed by atoms with Gasteiger partial charge in [-0.1, -0.05) is 11.8 Å². The van der Waals surface area contributed by atoms with Gasteiger partial charge >= 0.3 is 0 Å². The zero-order chi connectivity index (χ0) is 15.9. The number of carbonyl (C=O) groups excluding carboxylic acids is 1. The molecule has 0 spiro atoms. The fraction of sp³-hybridized carbons (Fsp3) is 0.846. The molecule has 0 bridgehead atoms. The van der Waals surface area contributed by atoms with E-state index >= 15 is 0 Å². The summed E-state index contributed by atoms with van der Waals surface area (Å²) >= 11 is 1.36. The first-order chi connectivity index (χ1) is 9.86. The van der Waals surface area contributed by atoms with E-state index in [-0.39, 0.29) is 16.7 Å². The van der Waals surface area contributed by atoms with E-state index in [1.807, 2.05) is 34.6 Å². The number of amides is 1. The predicted molar refractivity (Wildman–Crippen MR) is 82.3 cm³/mol. The lowest BCUT2D eigenvalue weighted by Crippen LogP contribution is -2.33. The van der Waals surface area contributed by atoms with Crippen molar-refractivity contribution in [2.75, 3.05) is 19.8 Å². The summed E-state index contributed by atoms with van der Waals surface area (Å²) in [4.78, 5) is 12.0. The van der Waals surface area contributed by atoms with E-state index in [1.54, 1.807) is 4.68 Å². The summed E-state index contributed by atoms with van der Waals surface area (Å²) in [6.45, 7) is 11.9. The van der Waals surface area contributed by atoms with Gasteiger partial charge in [0.25, 0.3) is 0 Å². The van der Waals surface area contributed by atoms with Gasteiger partial charge in [0.2, 0.25) is 11.1 Å². The fourth-order valence-electron chi connectivity index (χ4n) is 1.56. The van der Waals surface area contributed by atoms with E-state index in [2.05, 4.69) is 20.8 Å². The van der Waals surface area contributed by atoms with Crippen LogP contribution in [0.4, 0.5) is 0 Å². The zero-order valence-corrected chi connectivity index (χ0v) is 14.2. The monoisotopic (exact) mass is 315 g/mol. The number of tetrazole rings is 1. The highest BCUT2D eigenvalue weighted by Gasteiger charge is 2.23. The second-order valence-corrected chi connectivity index (χ2v) is 6.95. The summed E-state index contributed by atoms with van der Waals surface area (Å²) in [6, 6.07) is 0. The summed E-state index contributed by atoms with van der Waals surface area (Å²) in [7, 11) is 0. The van der Waals surface area contributed by atoms with Gasteiger partial charge in [-0.25, -0.2) is 4.68 Å². The van der Waals surface area contributed by atoms with Crippen molar-refractivity contribution >= 4 is 17.7 Å². The van der Waals surface area contributed by atoms with Crippen LogP contribution in [-0.4, -0.2) is 51.1 Å². The Labute approximate surface area is 130 Å². The summed E-state index contributed by atoms with van der Waals surface area (Å²) in [5, 5.41) is 15.0. The van der Waals surface area contributed by atoms with Crippen molar-refractivity contribution < 1.29 is 9.53 Å². The molecule has 120 valence electrons. The minimum Gasteiger partial charge on any atom is -0.382 e. The smallest absolute Gasteiger partial charge is 0.233 e. The molecule has 0 aromatic carbocycles. The second-order valence-electron chi connectivity index (χ2n) is 5.65. The molecule has 21 heavy (non-hydrogen) atoms. The Bertz CT molecular complexity index is 444. The number of thioether (sulfide) groups is 1. The van der Waals surface area contributed by atoms with Crippen LogP contribution in [-0.2, 0) is 15.1 Å². The number of nitrogens with one attached hydrogen (secondary N) is 1. The van der Waals surface area contributed by atoms with Crippen molar-refractivity contribution in [3.8, 4) is 0 Å². The van der Waals surface area contributed by atoms with Crippen molar-refractivity contribution in [2.45, 2.75) is 57.0 Å². The molecule has 1 atom stereocenters. The van der Waals surface area contributed by atoms with E-state index in [1.165, 1.54) is 11.8 Å². The third-order valence-electron chi connectivity index (χ3n) is 2.70. The normalized spacial score (nSPS) is 13.2. The number of rotatable bonds is 8. The second kappa shape index (κ2) is 8.33. The fourth-order valence-corrected chi connectivity index (χ4v) is 2.56. The summed E-state index contributed by atoms with van der Waals surface area (Å²) < 4.78 is 6.96. The quantitative estimate of drug-likeness (QED) is 0.577. The lowest BCUT2D eigenvalue weighted by atomic mass is 10.1. The molecule has 7 nitrogen and oxygen atoms in total. The average Bonchev–Trinajstić information content (AvgIpc) is 2.86. The molecule has 1 amide bonds. The first kappa shape index (κ1) is 17.9. The summed E-state index contributed by atoms with van der Waals surface area (Å²) in [6.07, 6.45) is 0.816. The van der Waals surface area contributed by atoms with Crippen molar-refractivity contribution in [1.82, 2.24) is 25.5 Å². The molecular formula is C13H25N5O2S. The highest BCUT2D eigenvalue weighted by molar-refractivity contribution is 8.00. The maximum atomic E-state index is 12.0. The molecule has 0 fully saturated rings. The Morgan fingerprint density at radius 1 is 1.48 bits per heavy atom. The number of hydrogen-bond donors (Lipinski definition) is 1. The average molecular weight is 315 g/mol. The lowest BCUT2D eigenvalue weighted by Gasteiger charge is -2.20. The van der Waals surface area contributed by atoms with Gasteiger partial charge in [-0.2, -0.15) is 0 Å². The van der Waals surface area contributed by atoms with Crippen LogP contribution in [0.25, 0.3) is 0 Å². The molecule has 1 N–H and O–H groups in total. The predicted octanol–water partition coefficient (Wildman–Crippen LogP) is 1.45. The molecule has 0 aliphatic heterocycles. The maximum absolute atomic E-state index is 12.0. The van der Waals surface area contributed by atoms with Crippen molar-refractivity contribution in [3.63, 3.8) is 0 Å². The SMILES string of the molecule is CCOCCCNC(=O)C(C)Sc1nnnn1C(C)(C)C. The first-order valence-electron chi connectivity index (χ1n) is 7.17. The summed E-state index contributed by atoms with van der Waals surface area (Å²) in [5.41, 5.74) is -0.209. The standard InChI is InChI=1S/C13H25N5O2S/c1-6-20-9-7-8-14-11(19)10(2)21-12-15-16-17-18(12)13(3,4)5/h10H,6-9H2,1-5H3,(H,14,19). The molecule has 1 rings (SSSR count). The third-order valence-corrected chi connectivity index (χ3v) is 3.73.